The molecule has 1 aliphatic heterocycles. The molecular formula is C15H21NO. The van der Waals surface area contributed by atoms with Crippen molar-refractivity contribution < 1.29 is 4.79 Å². The molecule has 1 aromatic rings. The predicted octanol–water partition coefficient (Wildman–Crippen LogP) is 3.05. The highest BCUT2D eigenvalue weighted by molar-refractivity contribution is 5.88. The number of anilines is 1. The summed E-state index contributed by atoms with van der Waals surface area (Å²) in [7, 11) is 0. The number of aryl methyl sites for hydroxylation is 1. The molecule has 0 N–H and O–H groups in total. The number of hydrogen-bond acceptors (Lipinski definition) is 2. The van der Waals surface area contributed by atoms with Crippen LogP contribution in [0.15, 0.2) is 24.3 Å². The van der Waals surface area contributed by atoms with Gasteiger partial charge in [0.2, 0.25) is 0 Å². The summed E-state index contributed by atoms with van der Waals surface area (Å²) in [5.41, 5.74) is 2.38. The first-order chi connectivity index (χ1) is 7.98. The van der Waals surface area contributed by atoms with Gasteiger partial charge in [-0.2, -0.15) is 0 Å². The summed E-state index contributed by atoms with van der Waals surface area (Å²) in [5, 5.41) is 0. The van der Waals surface area contributed by atoms with Crippen molar-refractivity contribution in [3.05, 3.63) is 29.8 Å². The number of fused-ring (bicyclic) bond motifs is 1. The summed E-state index contributed by atoms with van der Waals surface area (Å²) >= 11 is 0. The first kappa shape index (κ1) is 12.2. The molecule has 2 rings (SSSR count). The van der Waals surface area contributed by atoms with Gasteiger partial charge in [-0.05, 0) is 24.5 Å². The smallest absolute Gasteiger partial charge is 0.157 e. The van der Waals surface area contributed by atoms with Crippen molar-refractivity contribution in [1.82, 2.24) is 0 Å². The fraction of sp³-hybridized carbons (Fsp3) is 0.533. The lowest BCUT2D eigenvalue weighted by molar-refractivity contribution is -0.124. The molecule has 0 amide bonds. The van der Waals surface area contributed by atoms with Crippen LogP contribution >= 0.6 is 0 Å². The second-order valence-corrected chi connectivity index (χ2v) is 5.83. The number of para-hydroxylation sites is 1. The molecule has 1 aromatic carbocycles. The number of carbonyl (C=O) groups excluding carboxylic acids is 1. The first-order valence-electron chi connectivity index (χ1n) is 6.34. The normalized spacial score (nSPS) is 15.6. The van der Waals surface area contributed by atoms with Crippen LogP contribution in [0.3, 0.4) is 0 Å². The minimum absolute atomic E-state index is 0.244. The lowest BCUT2D eigenvalue weighted by Gasteiger charge is -2.32. The van der Waals surface area contributed by atoms with Crippen LogP contribution in [-0.4, -0.2) is 18.9 Å². The fourth-order valence-corrected chi connectivity index (χ4v) is 2.19. The van der Waals surface area contributed by atoms with E-state index >= 15 is 0 Å². The van der Waals surface area contributed by atoms with Crippen molar-refractivity contribution in [1.29, 1.82) is 0 Å². The summed E-state index contributed by atoms with van der Waals surface area (Å²) in [4.78, 5) is 14.3. The molecule has 0 bridgehead atoms. The topological polar surface area (TPSA) is 20.3 Å². The van der Waals surface area contributed by atoms with E-state index in [0.717, 1.165) is 19.4 Å². The van der Waals surface area contributed by atoms with Crippen LogP contribution in [0.1, 0.15) is 32.8 Å². The molecule has 2 nitrogen and oxygen atoms in total. The third-order valence-corrected chi connectivity index (χ3v) is 3.38. The fourth-order valence-electron chi connectivity index (χ4n) is 2.19. The standard InChI is InChI=1S/C15H21NO/c1-15(2,3)14(17)11-16-10-6-8-12-7-4-5-9-13(12)16/h4-5,7,9H,6,8,10-11H2,1-3H3. The zero-order chi connectivity index (χ0) is 12.5. The van der Waals surface area contributed by atoms with Gasteiger partial charge < -0.3 is 4.90 Å². The molecular weight excluding hydrogens is 210 g/mol. The lowest BCUT2D eigenvalue weighted by Crippen LogP contribution is -2.38. The average Bonchev–Trinajstić information content (AvgIpc) is 2.28. The molecule has 1 aliphatic rings. The van der Waals surface area contributed by atoms with Gasteiger partial charge in [-0.25, -0.2) is 0 Å². The number of nitrogens with zero attached hydrogens (tertiary/aromatic N) is 1. The number of benzene rings is 1. The zero-order valence-corrected chi connectivity index (χ0v) is 11.0. The summed E-state index contributed by atoms with van der Waals surface area (Å²) in [6.07, 6.45) is 2.28. The molecule has 17 heavy (non-hydrogen) atoms. The first-order valence-corrected chi connectivity index (χ1v) is 6.34. The quantitative estimate of drug-likeness (QED) is 0.779. The number of carbonyl (C=O) groups is 1. The van der Waals surface area contributed by atoms with Crippen molar-refractivity contribution in [2.75, 3.05) is 18.0 Å². The summed E-state index contributed by atoms with van der Waals surface area (Å²) in [5.74, 6) is 0.314. The predicted molar refractivity (Wildman–Crippen MR) is 71.4 cm³/mol. The summed E-state index contributed by atoms with van der Waals surface area (Å²) < 4.78 is 0. The van der Waals surface area contributed by atoms with Gasteiger partial charge in [0.05, 0.1) is 6.54 Å². The van der Waals surface area contributed by atoms with E-state index in [1.807, 2.05) is 20.8 Å². The SMILES string of the molecule is CC(C)(C)C(=O)CN1CCCc2ccccc21. The Bertz CT molecular complexity index is 417. The minimum Gasteiger partial charge on any atom is -0.364 e. The van der Waals surface area contributed by atoms with E-state index in [-0.39, 0.29) is 5.41 Å². The number of rotatable bonds is 2. The van der Waals surface area contributed by atoms with Crippen molar-refractivity contribution in [2.45, 2.75) is 33.6 Å². The molecule has 0 fully saturated rings. The van der Waals surface area contributed by atoms with Gasteiger partial charge in [-0.1, -0.05) is 39.0 Å². The molecule has 0 saturated heterocycles. The monoisotopic (exact) mass is 231 g/mol. The van der Waals surface area contributed by atoms with Gasteiger partial charge in [0.25, 0.3) is 0 Å². The molecule has 1 heterocycles. The van der Waals surface area contributed by atoms with Gasteiger partial charge in [0, 0.05) is 17.6 Å². The van der Waals surface area contributed by atoms with E-state index in [1.165, 1.54) is 11.3 Å². The highest BCUT2D eigenvalue weighted by atomic mass is 16.1. The summed E-state index contributed by atoms with van der Waals surface area (Å²) in [6.45, 7) is 7.51. The van der Waals surface area contributed by atoms with Crippen molar-refractivity contribution in [2.24, 2.45) is 5.41 Å². The molecule has 0 aliphatic carbocycles. The second kappa shape index (κ2) is 4.52. The van der Waals surface area contributed by atoms with Gasteiger partial charge in [-0.3, -0.25) is 4.79 Å². The zero-order valence-electron chi connectivity index (χ0n) is 11.0. The van der Waals surface area contributed by atoms with Crippen molar-refractivity contribution in [3.63, 3.8) is 0 Å². The van der Waals surface area contributed by atoms with E-state index in [0.29, 0.717) is 12.3 Å². The van der Waals surface area contributed by atoms with Crippen LogP contribution in [0.4, 0.5) is 5.69 Å². The largest absolute Gasteiger partial charge is 0.364 e. The van der Waals surface area contributed by atoms with E-state index < -0.39 is 0 Å². The van der Waals surface area contributed by atoms with Crippen molar-refractivity contribution >= 4 is 11.5 Å². The molecule has 0 atom stereocenters. The third-order valence-electron chi connectivity index (χ3n) is 3.38. The maximum absolute atomic E-state index is 12.1. The van der Waals surface area contributed by atoms with E-state index in [1.54, 1.807) is 0 Å². The Morgan fingerprint density at radius 3 is 2.71 bits per heavy atom. The minimum atomic E-state index is -0.244. The van der Waals surface area contributed by atoms with Crippen LogP contribution in [0.5, 0.6) is 0 Å². The molecule has 92 valence electrons. The van der Waals surface area contributed by atoms with E-state index in [9.17, 15) is 4.79 Å². The Hall–Kier alpha value is -1.31. The number of ketones is 1. The second-order valence-electron chi connectivity index (χ2n) is 5.83. The van der Waals surface area contributed by atoms with Crippen LogP contribution < -0.4 is 4.90 Å². The Balaban J connectivity index is 2.17. The Labute approximate surface area is 104 Å². The maximum Gasteiger partial charge on any atom is 0.157 e. The van der Waals surface area contributed by atoms with Crippen LogP contribution in [-0.2, 0) is 11.2 Å². The van der Waals surface area contributed by atoms with E-state index in [2.05, 4.69) is 29.2 Å². The maximum atomic E-state index is 12.1. The number of hydrogen-bond donors (Lipinski definition) is 0. The Kier molecular flexibility index (Phi) is 3.23. The highest BCUT2D eigenvalue weighted by Crippen LogP contribution is 2.27. The third kappa shape index (κ3) is 2.68. The molecule has 0 aromatic heterocycles. The molecule has 0 unspecified atom stereocenters. The van der Waals surface area contributed by atoms with Gasteiger partial charge in [0.1, 0.15) is 0 Å². The van der Waals surface area contributed by atoms with Crippen LogP contribution in [0, 0.1) is 5.41 Å². The Morgan fingerprint density at radius 1 is 1.29 bits per heavy atom. The molecule has 0 saturated carbocycles. The van der Waals surface area contributed by atoms with E-state index in [4.69, 9.17) is 0 Å². The molecule has 0 radical (unpaired) electrons. The average molecular weight is 231 g/mol. The lowest BCUT2D eigenvalue weighted by atomic mass is 9.90. The van der Waals surface area contributed by atoms with Crippen LogP contribution in [0.2, 0.25) is 0 Å². The van der Waals surface area contributed by atoms with Gasteiger partial charge in [-0.15, -0.1) is 0 Å². The van der Waals surface area contributed by atoms with Crippen molar-refractivity contribution in [3.8, 4) is 0 Å². The molecule has 0 spiro atoms. The Morgan fingerprint density at radius 2 is 2.00 bits per heavy atom. The van der Waals surface area contributed by atoms with Gasteiger partial charge >= 0.3 is 0 Å². The number of Topliss-reactive ketones (excluding diaryl/α,β-unsaturated/α-hetero) is 1. The van der Waals surface area contributed by atoms with Crippen LogP contribution in [0.25, 0.3) is 0 Å². The van der Waals surface area contributed by atoms with Gasteiger partial charge in [0.15, 0.2) is 5.78 Å². The summed E-state index contributed by atoms with van der Waals surface area (Å²) in [6, 6.07) is 8.43. The molecule has 2 heteroatoms. The highest BCUT2D eigenvalue weighted by Gasteiger charge is 2.25.